The summed E-state index contributed by atoms with van der Waals surface area (Å²) in [5.74, 6) is -1.17. The second kappa shape index (κ2) is 7.63. The molecule has 0 saturated carbocycles. The van der Waals surface area contributed by atoms with E-state index in [2.05, 4.69) is 0 Å². The molecule has 7 heteroatoms. The van der Waals surface area contributed by atoms with Gasteiger partial charge in [0.15, 0.2) is 0 Å². The molecule has 4 rings (SSSR count). The van der Waals surface area contributed by atoms with E-state index in [1.807, 2.05) is 22.9 Å². The van der Waals surface area contributed by atoms with Crippen LogP contribution in [0.2, 0.25) is 0 Å². The van der Waals surface area contributed by atoms with Crippen LogP contribution in [0.5, 0.6) is 0 Å². The van der Waals surface area contributed by atoms with Crippen molar-refractivity contribution in [2.24, 2.45) is 0 Å². The maximum atomic E-state index is 14.7. The predicted molar refractivity (Wildman–Crippen MR) is 99.1 cm³/mol. The van der Waals surface area contributed by atoms with Gasteiger partial charge in [0.1, 0.15) is 11.6 Å². The lowest BCUT2D eigenvalue weighted by molar-refractivity contribution is -0.138. The Morgan fingerprint density at radius 3 is 2.52 bits per heavy atom. The highest BCUT2D eigenvalue weighted by molar-refractivity contribution is 5.34. The third kappa shape index (κ3) is 3.92. The lowest BCUT2D eigenvalue weighted by Crippen LogP contribution is -2.31. The molecule has 0 fully saturated rings. The summed E-state index contributed by atoms with van der Waals surface area (Å²) in [6, 6.07) is 11.6. The number of nitrogens with zero attached hydrogens (tertiary/aromatic N) is 2. The van der Waals surface area contributed by atoms with E-state index in [9.17, 15) is 22.0 Å². The van der Waals surface area contributed by atoms with Crippen molar-refractivity contribution in [3.63, 3.8) is 0 Å². The molecule has 29 heavy (non-hydrogen) atoms. The molecule has 0 N–H and O–H groups in total. The van der Waals surface area contributed by atoms with Crippen molar-refractivity contribution in [2.75, 3.05) is 6.54 Å². The lowest BCUT2D eigenvalue weighted by Gasteiger charge is -2.31. The van der Waals surface area contributed by atoms with E-state index in [-0.39, 0.29) is 17.7 Å². The van der Waals surface area contributed by atoms with Gasteiger partial charge in [-0.1, -0.05) is 18.2 Å². The van der Waals surface area contributed by atoms with Gasteiger partial charge in [0.2, 0.25) is 0 Å². The molecule has 3 aromatic rings. The van der Waals surface area contributed by atoms with Crippen molar-refractivity contribution >= 4 is 0 Å². The van der Waals surface area contributed by atoms with Crippen LogP contribution in [0.25, 0.3) is 0 Å². The maximum absolute atomic E-state index is 14.7. The predicted octanol–water partition coefficient (Wildman–Crippen LogP) is 5.78. The maximum Gasteiger partial charge on any atom is 0.416 e. The Kier molecular flexibility index (Phi) is 5.17. The van der Waals surface area contributed by atoms with Crippen molar-refractivity contribution in [1.82, 2.24) is 9.47 Å². The third-order valence-electron chi connectivity index (χ3n) is 5.30. The highest BCUT2D eigenvalue weighted by Gasteiger charge is 2.35. The van der Waals surface area contributed by atoms with Gasteiger partial charge in [-0.3, -0.25) is 4.90 Å². The summed E-state index contributed by atoms with van der Waals surface area (Å²) in [7, 11) is 0. The van der Waals surface area contributed by atoms with Crippen molar-refractivity contribution < 1.29 is 22.0 Å². The first-order chi connectivity index (χ1) is 13.8. The minimum absolute atomic E-state index is 0.0263. The summed E-state index contributed by atoms with van der Waals surface area (Å²) in [6.07, 6.45) is -1.95. The Hall–Kier alpha value is -2.67. The van der Waals surface area contributed by atoms with Crippen LogP contribution in [0.4, 0.5) is 22.0 Å². The summed E-state index contributed by atoms with van der Waals surface area (Å²) in [4.78, 5) is 1.79. The molecular weight excluding hydrogens is 387 g/mol. The zero-order valence-electron chi connectivity index (χ0n) is 15.5. The molecule has 1 aliphatic rings. The number of aromatic nitrogens is 1. The van der Waals surface area contributed by atoms with Crippen LogP contribution in [0.15, 0.2) is 60.8 Å². The first-order valence-electron chi connectivity index (χ1n) is 9.34. The Bertz CT molecular complexity index is 1010. The van der Waals surface area contributed by atoms with Crippen LogP contribution in [-0.4, -0.2) is 16.0 Å². The first-order valence-corrected chi connectivity index (χ1v) is 9.34. The Morgan fingerprint density at radius 1 is 0.931 bits per heavy atom. The molecule has 152 valence electrons. The summed E-state index contributed by atoms with van der Waals surface area (Å²) >= 11 is 0. The normalized spacial score (nSPS) is 17.8. The minimum atomic E-state index is -4.48. The van der Waals surface area contributed by atoms with Crippen LogP contribution in [0, 0.1) is 11.6 Å². The van der Waals surface area contributed by atoms with Crippen LogP contribution < -0.4 is 0 Å². The number of alkyl halides is 3. The Balaban J connectivity index is 1.81. The molecule has 1 aromatic heterocycles. The SMILES string of the molecule is Fc1ccc(F)c(C2c3cccn3CCCN2Cc2ccccc2C(F)(F)F)c1. The number of halogens is 5. The highest BCUT2D eigenvalue weighted by Crippen LogP contribution is 2.37. The number of hydrogen-bond acceptors (Lipinski definition) is 1. The van der Waals surface area contributed by atoms with Gasteiger partial charge < -0.3 is 4.57 Å². The van der Waals surface area contributed by atoms with Crippen molar-refractivity contribution in [3.8, 4) is 0 Å². The summed E-state index contributed by atoms with van der Waals surface area (Å²) in [6.45, 7) is 1.09. The van der Waals surface area contributed by atoms with E-state index in [1.54, 1.807) is 11.0 Å². The monoisotopic (exact) mass is 406 g/mol. The number of fused-ring (bicyclic) bond motifs is 1. The summed E-state index contributed by atoms with van der Waals surface area (Å²) in [5, 5.41) is 0. The van der Waals surface area contributed by atoms with Crippen molar-refractivity contribution in [3.05, 3.63) is 94.8 Å². The second-order valence-electron chi connectivity index (χ2n) is 7.17. The second-order valence-corrected chi connectivity index (χ2v) is 7.17. The fourth-order valence-corrected chi connectivity index (χ4v) is 4.04. The fraction of sp³-hybridized carbons (Fsp3) is 0.273. The zero-order valence-corrected chi connectivity index (χ0v) is 15.5. The van der Waals surface area contributed by atoms with Gasteiger partial charge in [-0.15, -0.1) is 0 Å². The molecule has 0 saturated heterocycles. The quantitative estimate of drug-likeness (QED) is 0.501. The summed E-state index contributed by atoms with van der Waals surface area (Å²) < 4.78 is 71.0. The molecule has 0 amide bonds. The number of rotatable bonds is 3. The topological polar surface area (TPSA) is 8.17 Å². The average molecular weight is 406 g/mol. The first kappa shape index (κ1) is 19.6. The average Bonchev–Trinajstić information content (AvgIpc) is 3.05. The number of aryl methyl sites for hydroxylation is 1. The Morgan fingerprint density at radius 2 is 1.72 bits per heavy atom. The van der Waals surface area contributed by atoms with Gasteiger partial charge in [-0.25, -0.2) is 8.78 Å². The molecule has 1 unspecified atom stereocenters. The van der Waals surface area contributed by atoms with Crippen LogP contribution in [0.3, 0.4) is 0 Å². The van der Waals surface area contributed by atoms with Gasteiger partial charge in [-0.2, -0.15) is 13.2 Å². The van der Waals surface area contributed by atoms with E-state index < -0.39 is 29.4 Å². The van der Waals surface area contributed by atoms with Gasteiger partial charge in [0, 0.05) is 37.1 Å². The molecule has 0 spiro atoms. The van der Waals surface area contributed by atoms with E-state index in [1.165, 1.54) is 12.1 Å². The largest absolute Gasteiger partial charge is 0.416 e. The van der Waals surface area contributed by atoms with Crippen LogP contribution >= 0.6 is 0 Å². The minimum Gasteiger partial charge on any atom is -0.350 e. The van der Waals surface area contributed by atoms with E-state index in [0.29, 0.717) is 19.5 Å². The molecule has 2 heterocycles. The van der Waals surface area contributed by atoms with Gasteiger partial charge in [0.05, 0.1) is 11.6 Å². The summed E-state index contributed by atoms with van der Waals surface area (Å²) in [5.41, 5.74) is 0.257. The van der Waals surface area contributed by atoms with Gasteiger partial charge >= 0.3 is 6.18 Å². The van der Waals surface area contributed by atoms with E-state index >= 15 is 0 Å². The molecule has 2 nitrogen and oxygen atoms in total. The highest BCUT2D eigenvalue weighted by atomic mass is 19.4. The van der Waals surface area contributed by atoms with Crippen LogP contribution in [-0.2, 0) is 19.3 Å². The molecule has 2 aromatic carbocycles. The number of benzene rings is 2. The fourth-order valence-electron chi connectivity index (χ4n) is 4.04. The smallest absolute Gasteiger partial charge is 0.350 e. The van der Waals surface area contributed by atoms with E-state index in [0.717, 1.165) is 30.0 Å². The molecule has 0 radical (unpaired) electrons. The molecule has 1 aliphatic heterocycles. The Labute approximate surface area is 165 Å². The zero-order chi connectivity index (χ0) is 20.6. The third-order valence-corrected chi connectivity index (χ3v) is 5.30. The van der Waals surface area contributed by atoms with Gasteiger partial charge in [0.25, 0.3) is 0 Å². The molecule has 1 atom stereocenters. The van der Waals surface area contributed by atoms with Crippen molar-refractivity contribution in [1.29, 1.82) is 0 Å². The number of hydrogen-bond donors (Lipinski definition) is 0. The van der Waals surface area contributed by atoms with Crippen LogP contribution in [0.1, 0.15) is 34.8 Å². The molecule has 0 bridgehead atoms. The lowest BCUT2D eigenvalue weighted by atomic mass is 9.99. The standard InChI is InChI=1S/C22H19F5N2/c23-16-8-9-19(24)17(13-16)21-20-7-3-10-28(20)11-4-12-29(21)14-15-5-1-2-6-18(15)22(25,26)27/h1-3,5-10,13,21H,4,11-12,14H2. The van der Waals surface area contributed by atoms with Crippen molar-refractivity contribution in [2.45, 2.75) is 31.7 Å². The van der Waals surface area contributed by atoms with Gasteiger partial charge in [-0.05, 0) is 48.4 Å². The molecular formula is C22H19F5N2. The molecule has 0 aliphatic carbocycles. The van der Waals surface area contributed by atoms with E-state index in [4.69, 9.17) is 0 Å².